The Balaban J connectivity index is 2.04. The van der Waals surface area contributed by atoms with Crippen LogP contribution in [0.2, 0.25) is 0 Å². The lowest BCUT2D eigenvalue weighted by Crippen LogP contribution is -2.51. The SMILES string of the molecule is CC[C@H](C(=O)N1CCN(S(C)(=O)=O)CC1)c1ccccc1. The number of hydrogen-bond donors (Lipinski definition) is 0. The van der Waals surface area contributed by atoms with E-state index in [-0.39, 0.29) is 11.8 Å². The van der Waals surface area contributed by atoms with Gasteiger partial charge in [0.2, 0.25) is 15.9 Å². The van der Waals surface area contributed by atoms with Crippen molar-refractivity contribution in [3.8, 4) is 0 Å². The van der Waals surface area contributed by atoms with Crippen molar-refractivity contribution < 1.29 is 13.2 Å². The minimum absolute atomic E-state index is 0.0943. The van der Waals surface area contributed by atoms with E-state index in [0.29, 0.717) is 26.2 Å². The van der Waals surface area contributed by atoms with Gasteiger partial charge in [0.1, 0.15) is 0 Å². The van der Waals surface area contributed by atoms with Gasteiger partial charge >= 0.3 is 0 Å². The number of sulfonamides is 1. The molecular weight excluding hydrogens is 288 g/mol. The third-order valence-electron chi connectivity index (χ3n) is 3.93. The molecule has 0 saturated carbocycles. The summed E-state index contributed by atoms with van der Waals surface area (Å²) in [7, 11) is -3.16. The maximum Gasteiger partial charge on any atom is 0.230 e. The van der Waals surface area contributed by atoms with Crippen molar-refractivity contribution in [3.05, 3.63) is 35.9 Å². The zero-order valence-corrected chi connectivity index (χ0v) is 13.3. The van der Waals surface area contributed by atoms with E-state index >= 15 is 0 Å². The van der Waals surface area contributed by atoms with Crippen LogP contribution in [0.4, 0.5) is 0 Å². The van der Waals surface area contributed by atoms with Crippen LogP contribution in [-0.2, 0) is 14.8 Å². The van der Waals surface area contributed by atoms with Gasteiger partial charge in [-0.25, -0.2) is 8.42 Å². The Bertz CT molecular complexity index is 578. The number of piperazine rings is 1. The van der Waals surface area contributed by atoms with Crippen LogP contribution in [0, 0.1) is 0 Å². The molecule has 2 rings (SSSR count). The van der Waals surface area contributed by atoms with Crippen LogP contribution in [-0.4, -0.2) is 56.0 Å². The van der Waals surface area contributed by atoms with Crippen molar-refractivity contribution >= 4 is 15.9 Å². The first kappa shape index (κ1) is 16.0. The van der Waals surface area contributed by atoms with Crippen molar-refractivity contribution in [2.24, 2.45) is 0 Å². The molecule has 1 atom stereocenters. The fourth-order valence-electron chi connectivity index (χ4n) is 2.70. The molecular formula is C15H22N2O3S. The van der Waals surface area contributed by atoms with Crippen molar-refractivity contribution in [3.63, 3.8) is 0 Å². The predicted octanol–water partition coefficient (Wildman–Crippen LogP) is 1.28. The van der Waals surface area contributed by atoms with Crippen LogP contribution >= 0.6 is 0 Å². The Morgan fingerprint density at radius 3 is 2.19 bits per heavy atom. The molecule has 116 valence electrons. The molecule has 1 aromatic carbocycles. The van der Waals surface area contributed by atoms with Crippen LogP contribution in [0.15, 0.2) is 30.3 Å². The van der Waals surface area contributed by atoms with Gasteiger partial charge in [0.05, 0.1) is 12.2 Å². The fraction of sp³-hybridized carbons (Fsp3) is 0.533. The summed E-state index contributed by atoms with van der Waals surface area (Å²) >= 11 is 0. The molecule has 0 aromatic heterocycles. The lowest BCUT2D eigenvalue weighted by atomic mass is 9.95. The number of rotatable bonds is 4. The number of hydrogen-bond acceptors (Lipinski definition) is 3. The maximum atomic E-state index is 12.6. The molecule has 0 unspecified atom stereocenters. The zero-order chi connectivity index (χ0) is 15.5. The lowest BCUT2D eigenvalue weighted by molar-refractivity contribution is -0.134. The van der Waals surface area contributed by atoms with E-state index in [9.17, 15) is 13.2 Å². The molecule has 1 aliphatic heterocycles. The largest absolute Gasteiger partial charge is 0.340 e. The molecule has 0 aliphatic carbocycles. The average Bonchev–Trinajstić information content (AvgIpc) is 2.48. The number of benzene rings is 1. The summed E-state index contributed by atoms with van der Waals surface area (Å²) in [5, 5.41) is 0. The minimum atomic E-state index is -3.16. The third kappa shape index (κ3) is 3.83. The standard InChI is InChI=1S/C15H22N2O3S/c1-3-14(13-7-5-4-6-8-13)15(18)16-9-11-17(12-10-16)21(2,19)20/h4-8,14H,3,9-12H2,1-2H3/t14-/m0/s1. The molecule has 0 bridgehead atoms. The summed E-state index contributed by atoms with van der Waals surface area (Å²) < 4.78 is 24.4. The van der Waals surface area contributed by atoms with Crippen molar-refractivity contribution in [1.82, 2.24) is 9.21 Å². The predicted molar refractivity (Wildman–Crippen MR) is 82.5 cm³/mol. The van der Waals surface area contributed by atoms with E-state index in [0.717, 1.165) is 12.0 Å². The molecule has 0 N–H and O–H groups in total. The second-order valence-corrected chi connectivity index (χ2v) is 7.34. The van der Waals surface area contributed by atoms with Gasteiger partial charge in [0.15, 0.2) is 0 Å². The highest BCUT2D eigenvalue weighted by atomic mass is 32.2. The number of amides is 1. The molecule has 1 saturated heterocycles. The second-order valence-electron chi connectivity index (χ2n) is 5.36. The summed E-state index contributed by atoms with van der Waals surface area (Å²) in [5.41, 5.74) is 1.02. The molecule has 1 aliphatic rings. The number of carbonyl (C=O) groups excluding carboxylic acids is 1. The van der Waals surface area contributed by atoms with E-state index < -0.39 is 10.0 Å². The smallest absolute Gasteiger partial charge is 0.230 e. The molecule has 21 heavy (non-hydrogen) atoms. The summed E-state index contributed by atoms with van der Waals surface area (Å²) in [4.78, 5) is 14.4. The highest BCUT2D eigenvalue weighted by molar-refractivity contribution is 7.88. The molecule has 1 fully saturated rings. The first-order valence-electron chi connectivity index (χ1n) is 7.22. The Hall–Kier alpha value is -1.40. The highest BCUT2D eigenvalue weighted by Crippen LogP contribution is 2.22. The zero-order valence-electron chi connectivity index (χ0n) is 12.5. The average molecular weight is 310 g/mol. The van der Waals surface area contributed by atoms with Gasteiger partial charge in [0, 0.05) is 26.2 Å². The van der Waals surface area contributed by atoms with Crippen LogP contribution in [0.3, 0.4) is 0 Å². The van der Waals surface area contributed by atoms with Gasteiger partial charge in [-0.2, -0.15) is 4.31 Å². The Labute approximate surface area is 126 Å². The van der Waals surface area contributed by atoms with Crippen LogP contribution in [0.1, 0.15) is 24.8 Å². The summed E-state index contributed by atoms with van der Waals surface area (Å²) in [6.07, 6.45) is 1.96. The fourth-order valence-corrected chi connectivity index (χ4v) is 3.53. The molecule has 1 amide bonds. The Morgan fingerprint density at radius 1 is 1.14 bits per heavy atom. The second kappa shape index (κ2) is 6.58. The van der Waals surface area contributed by atoms with Gasteiger partial charge in [-0.15, -0.1) is 0 Å². The number of carbonyl (C=O) groups is 1. The third-order valence-corrected chi connectivity index (χ3v) is 5.23. The molecule has 0 spiro atoms. The number of nitrogens with zero attached hydrogens (tertiary/aromatic N) is 2. The van der Waals surface area contributed by atoms with Crippen LogP contribution in [0.25, 0.3) is 0 Å². The summed E-state index contributed by atoms with van der Waals surface area (Å²) in [5.74, 6) is -0.0483. The molecule has 1 heterocycles. The van der Waals surface area contributed by atoms with Crippen LogP contribution in [0.5, 0.6) is 0 Å². The first-order chi connectivity index (χ1) is 9.93. The monoisotopic (exact) mass is 310 g/mol. The van der Waals surface area contributed by atoms with Crippen molar-refractivity contribution in [1.29, 1.82) is 0 Å². The van der Waals surface area contributed by atoms with Gasteiger partial charge in [0.25, 0.3) is 0 Å². The molecule has 6 heteroatoms. The van der Waals surface area contributed by atoms with Crippen molar-refractivity contribution in [2.75, 3.05) is 32.4 Å². The quantitative estimate of drug-likeness (QED) is 0.842. The van der Waals surface area contributed by atoms with Crippen molar-refractivity contribution in [2.45, 2.75) is 19.3 Å². The molecule has 1 aromatic rings. The van der Waals surface area contributed by atoms with Gasteiger partial charge < -0.3 is 4.90 Å². The van der Waals surface area contributed by atoms with E-state index in [1.54, 1.807) is 4.90 Å². The van der Waals surface area contributed by atoms with E-state index in [1.807, 2.05) is 37.3 Å². The minimum Gasteiger partial charge on any atom is -0.340 e. The van der Waals surface area contributed by atoms with E-state index in [4.69, 9.17) is 0 Å². The normalized spacial score (nSPS) is 18.5. The van der Waals surface area contributed by atoms with Gasteiger partial charge in [-0.1, -0.05) is 37.3 Å². The summed E-state index contributed by atoms with van der Waals surface area (Å²) in [6.45, 7) is 3.71. The Morgan fingerprint density at radius 2 is 1.71 bits per heavy atom. The highest BCUT2D eigenvalue weighted by Gasteiger charge is 2.29. The van der Waals surface area contributed by atoms with Gasteiger partial charge in [-0.05, 0) is 12.0 Å². The van der Waals surface area contributed by atoms with Gasteiger partial charge in [-0.3, -0.25) is 4.79 Å². The first-order valence-corrected chi connectivity index (χ1v) is 9.07. The van der Waals surface area contributed by atoms with Crippen LogP contribution < -0.4 is 0 Å². The molecule has 5 nitrogen and oxygen atoms in total. The summed E-state index contributed by atoms with van der Waals surface area (Å²) in [6, 6.07) is 9.75. The van der Waals surface area contributed by atoms with E-state index in [2.05, 4.69) is 0 Å². The molecule has 0 radical (unpaired) electrons. The van der Waals surface area contributed by atoms with E-state index in [1.165, 1.54) is 10.6 Å². The Kier molecular flexibility index (Phi) is 5.00. The lowest BCUT2D eigenvalue weighted by Gasteiger charge is -2.35. The maximum absolute atomic E-state index is 12.6. The topological polar surface area (TPSA) is 57.7 Å².